The largest absolute Gasteiger partial charge is 0.468 e. The molecular weight excluding hydrogens is 306 g/mol. The third-order valence-electron chi connectivity index (χ3n) is 3.74. The van der Waals surface area contributed by atoms with Crippen molar-refractivity contribution in [3.05, 3.63) is 40.4 Å². The van der Waals surface area contributed by atoms with Crippen molar-refractivity contribution in [2.75, 3.05) is 0 Å². The van der Waals surface area contributed by atoms with E-state index in [1.165, 1.54) is 11.1 Å². The smallest absolute Gasteiger partial charge is 0.200 e. The minimum absolute atomic E-state index is 0.154. The van der Waals surface area contributed by atoms with Gasteiger partial charge in [-0.3, -0.25) is 0 Å². The predicted molar refractivity (Wildman–Crippen MR) is 98.5 cm³/mol. The number of ether oxygens (including phenoxy) is 1. The highest BCUT2D eigenvalue weighted by molar-refractivity contribution is 7.71. The van der Waals surface area contributed by atoms with Crippen molar-refractivity contribution >= 4 is 12.2 Å². The lowest BCUT2D eigenvalue weighted by Gasteiger charge is -2.21. The van der Waals surface area contributed by atoms with E-state index in [1.807, 2.05) is 37.6 Å². The van der Waals surface area contributed by atoms with Crippen LogP contribution in [0.25, 0.3) is 0 Å². The minimum Gasteiger partial charge on any atom is -0.468 e. The van der Waals surface area contributed by atoms with Gasteiger partial charge in [0.15, 0.2) is 6.23 Å². The molecule has 0 N–H and O–H groups in total. The molecule has 1 heterocycles. The SMILES string of the molecule is CC.CCCCC(Oc1cccc(C)c1C)n1ncn(C)c1=S. The molecule has 0 radical (unpaired) electrons. The van der Waals surface area contributed by atoms with E-state index in [2.05, 4.69) is 31.9 Å². The maximum absolute atomic E-state index is 6.23. The molecule has 4 nitrogen and oxygen atoms in total. The van der Waals surface area contributed by atoms with Gasteiger partial charge < -0.3 is 9.30 Å². The summed E-state index contributed by atoms with van der Waals surface area (Å²) >= 11 is 5.41. The molecule has 5 heteroatoms. The summed E-state index contributed by atoms with van der Waals surface area (Å²) in [5.74, 6) is 0.906. The third kappa shape index (κ3) is 4.93. The van der Waals surface area contributed by atoms with Gasteiger partial charge in [-0.1, -0.05) is 39.3 Å². The van der Waals surface area contributed by atoms with Crippen molar-refractivity contribution in [1.29, 1.82) is 0 Å². The Morgan fingerprint density at radius 2 is 1.96 bits per heavy atom. The van der Waals surface area contributed by atoms with E-state index in [9.17, 15) is 0 Å². The zero-order chi connectivity index (χ0) is 17.4. The number of aryl methyl sites for hydroxylation is 2. The van der Waals surface area contributed by atoms with Crippen LogP contribution in [0.5, 0.6) is 5.75 Å². The number of hydrogen-bond acceptors (Lipinski definition) is 3. The van der Waals surface area contributed by atoms with Gasteiger partial charge >= 0.3 is 0 Å². The van der Waals surface area contributed by atoms with E-state index in [4.69, 9.17) is 17.0 Å². The number of nitrogens with zero attached hydrogens (tertiary/aromatic N) is 3. The first-order chi connectivity index (χ1) is 11.0. The topological polar surface area (TPSA) is 32.0 Å². The molecule has 1 aromatic heterocycles. The van der Waals surface area contributed by atoms with Crippen LogP contribution in [0.3, 0.4) is 0 Å². The van der Waals surface area contributed by atoms with Crippen LogP contribution >= 0.6 is 12.2 Å². The number of benzene rings is 1. The molecule has 0 amide bonds. The second-order valence-corrected chi connectivity index (χ2v) is 5.75. The highest BCUT2D eigenvalue weighted by Gasteiger charge is 2.16. The van der Waals surface area contributed by atoms with Gasteiger partial charge in [0.25, 0.3) is 0 Å². The number of hydrogen-bond donors (Lipinski definition) is 0. The fraction of sp³-hybridized carbons (Fsp3) is 0.556. The molecule has 0 bridgehead atoms. The Morgan fingerprint density at radius 3 is 2.52 bits per heavy atom. The van der Waals surface area contributed by atoms with E-state index in [-0.39, 0.29) is 6.23 Å². The van der Waals surface area contributed by atoms with Crippen LogP contribution in [-0.2, 0) is 7.05 Å². The Kier molecular flexibility index (Phi) is 8.03. The summed E-state index contributed by atoms with van der Waals surface area (Å²) in [6, 6.07) is 6.12. The van der Waals surface area contributed by atoms with Crippen molar-refractivity contribution < 1.29 is 4.74 Å². The van der Waals surface area contributed by atoms with Crippen molar-refractivity contribution in [2.45, 2.75) is 60.1 Å². The summed E-state index contributed by atoms with van der Waals surface area (Å²) in [5, 5.41) is 4.37. The first-order valence-corrected chi connectivity index (χ1v) is 8.78. The highest BCUT2D eigenvalue weighted by Crippen LogP contribution is 2.26. The zero-order valence-corrected chi connectivity index (χ0v) is 16.0. The molecule has 0 aliphatic heterocycles. The molecular formula is C18H29N3OS. The number of unbranched alkanes of at least 4 members (excludes halogenated alkanes) is 1. The fourth-order valence-corrected chi connectivity index (χ4v) is 2.41. The second kappa shape index (κ2) is 9.50. The Morgan fingerprint density at radius 1 is 1.26 bits per heavy atom. The van der Waals surface area contributed by atoms with E-state index < -0.39 is 0 Å². The lowest BCUT2D eigenvalue weighted by molar-refractivity contribution is 0.103. The molecule has 2 aromatic rings. The van der Waals surface area contributed by atoms with Crippen molar-refractivity contribution in [3.63, 3.8) is 0 Å². The Hall–Kier alpha value is -1.62. The molecule has 2 rings (SSSR count). The van der Waals surface area contributed by atoms with Gasteiger partial charge in [-0.2, -0.15) is 9.78 Å². The molecule has 0 aliphatic carbocycles. The average Bonchev–Trinajstić information content (AvgIpc) is 2.89. The molecule has 23 heavy (non-hydrogen) atoms. The predicted octanol–water partition coefficient (Wildman–Crippen LogP) is 5.36. The van der Waals surface area contributed by atoms with Crippen LogP contribution in [0.2, 0.25) is 0 Å². The van der Waals surface area contributed by atoms with Gasteiger partial charge in [0.2, 0.25) is 4.77 Å². The second-order valence-electron chi connectivity index (χ2n) is 5.38. The summed E-state index contributed by atoms with van der Waals surface area (Å²) in [6.07, 6.45) is 4.67. The van der Waals surface area contributed by atoms with E-state index in [0.29, 0.717) is 4.77 Å². The summed E-state index contributed by atoms with van der Waals surface area (Å²) in [4.78, 5) is 0. The first kappa shape index (κ1) is 19.4. The molecule has 0 saturated heterocycles. The van der Waals surface area contributed by atoms with Crippen LogP contribution in [0.4, 0.5) is 0 Å². The maximum atomic E-state index is 6.23. The standard InChI is InChI=1S/C16H23N3OS.C2H6/c1-5-6-10-15(19-16(21)18(4)11-17-19)20-14-9-7-8-12(2)13(14)3;1-2/h7-9,11,15H,5-6,10H2,1-4H3;1-2H3. The average molecular weight is 336 g/mol. The van der Waals surface area contributed by atoms with Crippen LogP contribution in [0.1, 0.15) is 57.4 Å². The van der Waals surface area contributed by atoms with Crippen molar-refractivity contribution in [3.8, 4) is 5.75 Å². The van der Waals surface area contributed by atoms with E-state index >= 15 is 0 Å². The van der Waals surface area contributed by atoms with E-state index in [1.54, 1.807) is 11.0 Å². The molecule has 128 valence electrons. The normalized spacial score (nSPS) is 11.6. The third-order valence-corrected chi connectivity index (χ3v) is 4.22. The monoisotopic (exact) mass is 335 g/mol. The van der Waals surface area contributed by atoms with Gasteiger partial charge in [-0.05, 0) is 49.7 Å². The Bertz CT molecular complexity index is 661. The fourth-order valence-electron chi connectivity index (χ4n) is 2.20. The van der Waals surface area contributed by atoms with Gasteiger partial charge in [0.1, 0.15) is 12.1 Å². The van der Waals surface area contributed by atoms with Gasteiger partial charge in [-0.15, -0.1) is 0 Å². The van der Waals surface area contributed by atoms with Crippen LogP contribution in [0.15, 0.2) is 24.5 Å². The highest BCUT2D eigenvalue weighted by atomic mass is 32.1. The van der Waals surface area contributed by atoms with Crippen LogP contribution in [0, 0.1) is 18.6 Å². The molecule has 0 aliphatic rings. The lowest BCUT2D eigenvalue weighted by Crippen LogP contribution is -2.18. The summed E-state index contributed by atoms with van der Waals surface area (Å²) in [7, 11) is 1.90. The number of rotatable bonds is 6. The summed E-state index contributed by atoms with van der Waals surface area (Å²) in [5.41, 5.74) is 2.40. The molecule has 0 spiro atoms. The summed E-state index contributed by atoms with van der Waals surface area (Å²) in [6.45, 7) is 10.3. The quantitative estimate of drug-likeness (QED) is 0.666. The zero-order valence-electron chi connectivity index (χ0n) is 15.2. The Labute approximate surface area is 145 Å². The van der Waals surface area contributed by atoms with Gasteiger partial charge in [-0.25, -0.2) is 0 Å². The maximum Gasteiger partial charge on any atom is 0.200 e. The molecule has 1 unspecified atom stereocenters. The number of aromatic nitrogens is 3. The summed E-state index contributed by atoms with van der Waals surface area (Å²) < 4.78 is 10.5. The first-order valence-electron chi connectivity index (χ1n) is 8.37. The van der Waals surface area contributed by atoms with Gasteiger partial charge in [0, 0.05) is 13.5 Å². The van der Waals surface area contributed by atoms with Crippen molar-refractivity contribution in [1.82, 2.24) is 14.3 Å². The minimum atomic E-state index is -0.154. The van der Waals surface area contributed by atoms with Crippen LogP contribution < -0.4 is 4.74 Å². The van der Waals surface area contributed by atoms with Crippen LogP contribution in [-0.4, -0.2) is 14.3 Å². The lowest BCUT2D eigenvalue weighted by atomic mass is 10.1. The molecule has 1 aromatic carbocycles. The molecule has 1 atom stereocenters. The molecule has 0 fully saturated rings. The molecule has 0 saturated carbocycles. The van der Waals surface area contributed by atoms with Gasteiger partial charge in [0.05, 0.1) is 0 Å². The van der Waals surface area contributed by atoms with E-state index in [0.717, 1.165) is 25.0 Å². The van der Waals surface area contributed by atoms with Crippen molar-refractivity contribution in [2.24, 2.45) is 7.05 Å². The Balaban J connectivity index is 0.00000127.